The summed E-state index contributed by atoms with van der Waals surface area (Å²) in [6.07, 6.45) is 1.99. The van der Waals surface area contributed by atoms with Crippen molar-refractivity contribution in [3.63, 3.8) is 0 Å². The van der Waals surface area contributed by atoms with Gasteiger partial charge in [0.2, 0.25) is 0 Å². The highest BCUT2D eigenvalue weighted by atomic mass is 32.1. The molecule has 1 amide bonds. The number of para-hydroxylation sites is 1. The van der Waals surface area contributed by atoms with Crippen LogP contribution in [0.5, 0.6) is 11.5 Å². The SMILES string of the molecule is Cc1nc(-c2ccc(Oc3ccccc3)cc2)sc1C(=O)NC1CCN(C)CC1. The standard InChI is InChI=1S/C23H25N3O2S/c1-16-21(22(27)25-18-12-14-26(2)15-13-18)29-23(24-16)17-8-10-20(11-9-17)28-19-6-4-3-5-7-19/h3-11,18H,12-15H2,1-2H3,(H,25,27). The van der Waals surface area contributed by atoms with Gasteiger partial charge in [-0.2, -0.15) is 0 Å². The van der Waals surface area contributed by atoms with Crippen molar-refractivity contribution in [3.05, 3.63) is 65.2 Å². The van der Waals surface area contributed by atoms with E-state index in [1.54, 1.807) is 0 Å². The van der Waals surface area contributed by atoms with E-state index in [1.807, 2.05) is 61.5 Å². The Morgan fingerprint density at radius 1 is 1.07 bits per heavy atom. The molecule has 1 N–H and O–H groups in total. The van der Waals surface area contributed by atoms with E-state index in [0.29, 0.717) is 4.88 Å². The molecule has 0 bridgehead atoms. The van der Waals surface area contributed by atoms with Crippen LogP contribution in [0, 0.1) is 6.92 Å². The molecule has 6 heteroatoms. The second-order valence-electron chi connectivity index (χ2n) is 7.42. The molecule has 0 atom stereocenters. The highest BCUT2D eigenvalue weighted by Gasteiger charge is 2.22. The first-order chi connectivity index (χ1) is 14.1. The van der Waals surface area contributed by atoms with Crippen molar-refractivity contribution in [3.8, 4) is 22.1 Å². The van der Waals surface area contributed by atoms with Crippen LogP contribution in [-0.2, 0) is 0 Å². The number of rotatable bonds is 5. The molecule has 1 aliphatic heterocycles. The first kappa shape index (κ1) is 19.6. The zero-order valence-electron chi connectivity index (χ0n) is 16.7. The van der Waals surface area contributed by atoms with Gasteiger partial charge in [0.1, 0.15) is 21.4 Å². The first-order valence-corrected chi connectivity index (χ1v) is 10.7. The van der Waals surface area contributed by atoms with Crippen LogP contribution in [0.2, 0.25) is 0 Å². The minimum absolute atomic E-state index is 0.00941. The van der Waals surface area contributed by atoms with E-state index in [1.165, 1.54) is 11.3 Å². The Bertz CT molecular complexity index is 962. The number of nitrogens with zero attached hydrogens (tertiary/aromatic N) is 2. The van der Waals surface area contributed by atoms with Crippen LogP contribution < -0.4 is 10.1 Å². The Hall–Kier alpha value is -2.70. The molecule has 0 aliphatic carbocycles. The average Bonchev–Trinajstić information content (AvgIpc) is 3.13. The van der Waals surface area contributed by atoms with E-state index < -0.39 is 0 Å². The second-order valence-corrected chi connectivity index (χ2v) is 8.42. The minimum Gasteiger partial charge on any atom is -0.457 e. The number of hydrogen-bond donors (Lipinski definition) is 1. The molecule has 0 unspecified atom stereocenters. The zero-order chi connectivity index (χ0) is 20.2. The van der Waals surface area contributed by atoms with Gasteiger partial charge in [0.05, 0.1) is 5.69 Å². The number of carbonyl (C=O) groups is 1. The highest BCUT2D eigenvalue weighted by molar-refractivity contribution is 7.17. The van der Waals surface area contributed by atoms with Crippen LogP contribution in [0.15, 0.2) is 54.6 Å². The number of thiazole rings is 1. The van der Waals surface area contributed by atoms with Gasteiger partial charge < -0.3 is 15.0 Å². The van der Waals surface area contributed by atoms with Gasteiger partial charge in [-0.3, -0.25) is 4.79 Å². The Morgan fingerprint density at radius 2 is 1.72 bits per heavy atom. The molecule has 150 valence electrons. The summed E-state index contributed by atoms with van der Waals surface area (Å²) in [7, 11) is 2.12. The molecular formula is C23H25N3O2S. The van der Waals surface area contributed by atoms with Gasteiger partial charge in [0.25, 0.3) is 5.91 Å². The van der Waals surface area contributed by atoms with Crippen molar-refractivity contribution >= 4 is 17.2 Å². The van der Waals surface area contributed by atoms with Crippen LogP contribution in [0.4, 0.5) is 0 Å². The minimum atomic E-state index is -0.00941. The number of aromatic nitrogens is 1. The van der Waals surface area contributed by atoms with E-state index in [-0.39, 0.29) is 11.9 Å². The van der Waals surface area contributed by atoms with Gasteiger partial charge in [-0.05, 0) is 76.3 Å². The molecule has 0 saturated carbocycles. The third-order valence-electron chi connectivity index (χ3n) is 5.14. The van der Waals surface area contributed by atoms with Gasteiger partial charge in [0, 0.05) is 11.6 Å². The third-order valence-corrected chi connectivity index (χ3v) is 6.34. The van der Waals surface area contributed by atoms with Crippen LogP contribution in [0.25, 0.3) is 10.6 Å². The van der Waals surface area contributed by atoms with Gasteiger partial charge in [-0.1, -0.05) is 18.2 Å². The lowest BCUT2D eigenvalue weighted by Gasteiger charge is -2.29. The van der Waals surface area contributed by atoms with Gasteiger partial charge in [0.15, 0.2) is 0 Å². The fraction of sp³-hybridized carbons (Fsp3) is 0.304. The van der Waals surface area contributed by atoms with Crippen molar-refractivity contribution < 1.29 is 9.53 Å². The number of likely N-dealkylation sites (tertiary alicyclic amines) is 1. The normalized spacial score (nSPS) is 15.2. The van der Waals surface area contributed by atoms with Crippen LogP contribution in [0.1, 0.15) is 28.2 Å². The number of amides is 1. The summed E-state index contributed by atoms with van der Waals surface area (Å²) in [5, 5.41) is 4.03. The lowest BCUT2D eigenvalue weighted by molar-refractivity contribution is 0.0920. The number of aryl methyl sites for hydroxylation is 1. The number of piperidine rings is 1. The maximum Gasteiger partial charge on any atom is 0.263 e. The Morgan fingerprint density at radius 3 is 2.41 bits per heavy atom. The summed E-state index contributed by atoms with van der Waals surface area (Å²) in [6, 6.07) is 17.8. The molecule has 1 aromatic heterocycles. The molecule has 0 spiro atoms. The number of ether oxygens (including phenoxy) is 1. The molecule has 29 heavy (non-hydrogen) atoms. The van der Waals surface area contributed by atoms with E-state index in [2.05, 4.69) is 22.2 Å². The third kappa shape index (κ3) is 4.83. The Balaban J connectivity index is 1.43. The van der Waals surface area contributed by atoms with E-state index in [4.69, 9.17) is 4.74 Å². The predicted octanol–water partition coefficient (Wildman–Crippen LogP) is 4.73. The lowest BCUT2D eigenvalue weighted by Crippen LogP contribution is -2.43. The highest BCUT2D eigenvalue weighted by Crippen LogP contribution is 2.30. The number of benzene rings is 2. The largest absolute Gasteiger partial charge is 0.457 e. The number of carbonyl (C=O) groups excluding carboxylic acids is 1. The predicted molar refractivity (Wildman–Crippen MR) is 117 cm³/mol. The van der Waals surface area contributed by atoms with Gasteiger partial charge >= 0.3 is 0 Å². The summed E-state index contributed by atoms with van der Waals surface area (Å²) in [5.41, 5.74) is 1.76. The lowest BCUT2D eigenvalue weighted by atomic mass is 10.1. The van der Waals surface area contributed by atoms with E-state index in [0.717, 1.165) is 53.7 Å². The summed E-state index contributed by atoms with van der Waals surface area (Å²) in [5.74, 6) is 1.57. The van der Waals surface area contributed by atoms with E-state index in [9.17, 15) is 4.79 Å². The molecule has 1 aliphatic rings. The van der Waals surface area contributed by atoms with Crippen molar-refractivity contribution in [2.24, 2.45) is 0 Å². The fourth-order valence-corrected chi connectivity index (χ4v) is 4.40. The van der Waals surface area contributed by atoms with Crippen molar-refractivity contribution in [1.82, 2.24) is 15.2 Å². The molecule has 5 nitrogen and oxygen atoms in total. The molecule has 3 aromatic rings. The van der Waals surface area contributed by atoms with Crippen LogP contribution in [-0.4, -0.2) is 42.0 Å². The Kier molecular flexibility index (Phi) is 5.92. The molecule has 4 rings (SSSR count). The maximum absolute atomic E-state index is 12.7. The summed E-state index contributed by atoms with van der Waals surface area (Å²) in [6.45, 7) is 3.95. The average molecular weight is 408 g/mol. The molecular weight excluding hydrogens is 382 g/mol. The van der Waals surface area contributed by atoms with Crippen molar-refractivity contribution in [1.29, 1.82) is 0 Å². The summed E-state index contributed by atoms with van der Waals surface area (Å²) in [4.78, 5) is 20.4. The molecule has 2 heterocycles. The van der Waals surface area contributed by atoms with E-state index >= 15 is 0 Å². The molecule has 1 saturated heterocycles. The van der Waals surface area contributed by atoms with Gasteiger partial charge in [-0.25, -0.2) is 4.98 Å². The number of nitrogens with one attached hydrogen (secondary N) is 1. The summed E-state index contributed by atoms with van der Waals surface area (Å²) >= 11 is 1.45. The smallest absolute Gasteiger partial charge is 0.263 e. The first-order valence-electron chi connectivity index (χ1n) is 9.88. The topological polar surface area (TPSA) is 54.5 Å². The number of hydrogen-bond acceptors (Lipinski definition) is 5. The molecule has 1 fully saturated rings. The van der Waals surface area contributed by atoms with Crippen molar-refractivity contribution in [2.75, 3.05) is 20.1 Å². The molecule has 2 aromatic carbocycles. The Labute approximate surface area is 175 Å². The summed E-state index contributed by atoms with van der Waals surface area (Å²) < 4.78 is 5.84. The fourth-order valence-electron chi connectivity index (χ4n) is 3.42. The van der Waals surface area contributed by atoms with Crippen LogP contribution in [0.3, 0.4) is 0 Å². The molecule has 0 radical (unpaired) electrons. The van der Waals surface area contributed by atoms with Gasteiger partial charge in [-0.15, -0.1) is 11.3 Å². The van der Waals surface area contributed by atoms with Crippen molar-refractivity contribution in [2.45, 2.75) is 25.8 Å². The quantitative estimate of drug-likeness (QED) is 0.664. The van der Waals surface area contributed by atoms with Crippen LogP contribution >= 0.6 is 11.3 Å². The zero-order valence-corrected chi connectivity index (χ0v) is 17.5. The maximum atomic E-state index is 12.7. The monoisotopic (exact) mass is 407 g/mol. The second kappa shape index (κ2) is 8.76.